The summed E-state index contributed by atoms with van der Waals surface area (Å²) in [6.07, 6.45) is -4.79. The summed E-state index contributed by atoms with van der Waals surface area (Å²) < 4.78 is 62.2. The van der Waals surface area contributed by atoms with Gasteiger partial charge < -0.3 is 10.2 Å². The molecule has 4 atom stereocenters. The largest absolute Gasteiger partial charge is 0.490 e. The number of nitrogens with one attached hydrogen (secondary N) is 1. The van der Waals surface area contributed by atoms with Crippen LogP contribution in [0.1, 0.15) is 44.2 Å². The first-order chi connectivity index (χ1) is 17.3. The molecule has 1 saturated heterocycles. The molecule has 0 radical (unpaired) electrons. The number of hydrogen-bond acceptors (Lipinski definition) is 4. The third-order valence-electron chi connectivity index (χ3n) is 5.89. The molecule has 0 aromatic heterocycles. The summed E-state index contributed by atoms with van der Waals surface area (Å²) in [5, 5.41) is 30.7. The lowest BCUT2D eigenvalue weighted by atomic mass is 9.62. The topological polar surface area (TPSA) is 110 Å². The van der Waals surface area contributed by atoms with E-state index in [2.05, 4.69) is 11.4 Å². The smallest absolute Gasteiger partial charge is 0.480 e. The van der Waals surface area contributed by atoms with E-state index in [1.54, 1.807) is 18.2 Å². The van der Waals surface area contributed by atoms with Gasteiger partial charge in [0.05, 0.1) is 6.07 Å². The van der Waals surface area contributed by atoms with Crippen LogP contribution in [0.15, 0.2) is 36.4 Å². The van der Waals surface area contributed by atoms with E-state index in [1.165, 1.54) is 6.07 Å². The van der Waals surface area contributed by atoms with Gasteiger partial charge in [-0.25, -0.2) is 13.6 Å². The molecule has 2 aromatic carbocycles. The minimum absolute atomic E-state index is 0.153. The monoisotopic (exact) mass is 580 g/mol. The van der Waals surface area contributed by atoms with Crippen LogP contribution in [0.5, 0.6) is 0 Å². The van der Waals surface area contributed by atoms with Gasteiger partial charge in [0.1, 0.15) is 23.1 Å². The van der Waals surface area contributed by atoms with Crippen molar-refractivity contribution >= 4 is 35.1 Å². The van der Waals surface area contributed by atoms with Crippen LogP contribution < -0.4 is 5.32 Å². The molecule has 0 bridgehead atoms. The average molecular weight is 581 g/mol. The lowest BCUT2D eigenvalue weighted by molar-refractivity contribution is -0.192. The molecule has 1 fully saturated rings. The van der Waals surface area contributed by atoms with Crippen molar-refractivity contribution in [1.29, 1.82) is 5.26 Å². The zero-order chi connectivity index (χ0) is 29.2. The zero-order valence-electron chi connectivity index (χ0n) is 20.2. The Kier molecular flexibility index (Phi) is 9.41. The number of carboxylic acid groups (broad SMARTS) is 2. The first-order valence-electron chi connectivity index (χ1n) is 11.0. The van der Waals surface area contributed by atoms with Crippen molar-refractivity contribution in [2.24, 2.45) is 5.41 Å². The molecular weight excluding hydrogens is 558 g/mol. The second kappa shape index (κ2) is 11.4. The fourth-order valence-corrected chi connectivity index (χ4v) is 4.99. The summed E-state index contributed by atoms with van der Waals surface area (Å²) in [7, 11) is 0. The van der Waals surface area contributed by atoms with Crippen LogP contribution in [0.2, 0.25) is 10.0 Å². The number of halogens is 7. The van der Waals surface area contributed by atoms with Crippen molar-refractivity contribution in [3.63, 3.8) is 0 Å². The Bertz CT molecular complexity index is 1240. The van der Waals surface area contributed by atoms with E-state index in [0.29, 0.717) is 17.0 Å². The number of nitriles is 1. The summed E-state index contributed by atoms with van der Waals surface area (Å²) in [4.78, 5) is 21.1. The van der Waals surface area contributed by atoms with Crippen LogP contribution in [-0.4, -0.2) is 40.4 Å². The molecule has 1 aliphatic heterocycles. The predicted octanol–water partition coefficient (Wildman–Crippen LogP) is 6.31. The van der Waals surface area contributed by atoms with Gasteiger partial charge in [-0.2, -0.15) is 18.4 Å². The molecule has 2 aromatic rings. The number of carbonyl (C=O) groups is 2. The van der Waals surface area contributed by atoms with Crippen LogP contribution in [0.4, 0.5) is 22.0 Å². The van der Waals surface area contributed by atoms with Gasteiger partial charge in [0, 0.05) is 27.6 Å². The van der Waals surface area contributed by atoms with Crippen molar-refractivity contribution in [2.75, 3.05) is 0 Å². The van der Waals surface area contributed by atoms with Gasteiger partial charge in [-0.15, -0.1) is 0 Å². The van der Waals surface area contributed by atoms with Gasteiger partial charge in [0.25, 0.3) is 0 Å². The molecular formula is C25H23Cl2F5N2O4. The third-order valence-corrected chi connectivity index (χ3v) is 6.35. The highest BCUT2D eigenvalue weighted by molar-refractivity contribution is 6.30. The standard InChI is InChI=1S/C23H22Cl2F2N2O2.C2HF3O2/c1-22(2,3)10-17-23(11-28,19-15(26)8-14(25)9-16(19)27)18(20(29-17)21(30)31)12-5-4-6-13(24)7-12;3-2(4,5)1(6)7/h4-9,17-18,20,29H,10H2,1-3H3,(H,30,31);(H,6,7). The maximum atomic E-state index is 15.2. The first-order valence-corrected chi connectivity index (χ1v) is 11.7. The van der Waals surface area contributed by atoms with Gasteiger partial charge in [0.2, 0.25) is 0 Å². The molecule has 0 aliphatic carbocycles. The van der Waals surface area contributed by atoms with Gasteiger partial charge in [-0.05, 0) is 41.7 Å². The highest BCUT2D eigenvalue weighted by Crippen LogP contribution is 2.52. The van der Waals surface area contributed by atoms with Gasteiger partial charge in [-0.1, -0.05) is 56.1 Å². The van der Waals surface area contributed by atoms with Gasteiger partial charge in [0.15, 0.2) is 0 Å². The Balaban J connectivity index is 0.000000638. The maximum Gasteiger partial charge on any atom is 0.490 e. The molecule has 3 rings (SSSR count). The second-order valence-electron chi connectivity index (χ2n) is 9.86. The Hall–Kier alpha value is -2.94. The van der Waals surface area contributed by atoms with Crippen LogP contribution in [-0.2, 0) is 15.0 Å². The van der Waals surface area contributed by atoms with Crippen LogP contribution in [0, 0.1) is 28.4 Å². The van der Waals surface area contributed by atoms with E-state index in [0.717, 1.165) is 12.1 Å². The Morgan fingerprint density at radius 3 is 1.97 bits per heavy atom. The molecule has 0 amide bonds. The lowest BCUT2D eigenvalue weighted by Gasteiger charge is -2.37. The van der Waals surface area contributed by atoms with E-state index in [-0.39, 0.29) is 10.4 Å². The zero-order valence-corrected chi connectivity index (χ0v) is 21.7. The Morgan fingerprint density at radius 2 is 1.58 bits per heavy atom. The number of carboxylic acids is 2. The van der Waals surface area contributed by atoms with Crippen LogP contribution in [0.3, 0.4) is 0 Å². The summed E-state index contributed by atoms with van der Waals surface area (Å²) >= 11 is 12.0. The van der Waals surface area contributed by atoms with Crippen molar-refractivity contribution in [2.45, 2.75) is 56.8 Å². The number of nitrogens with zero attached hydrogens (tertiary/aromatic N) is 1. The summed E-state index contributed by atoms with van der Waals surface area (Å²) in [5.74, 6) is -7.08. The quantitative estimate of drug-likeness (QED) is 0.365. The molecule has 206 valence electrons. The van der Waals surface area contributed by atoms with Crippen molar-refractivity contribution in [3.05, 3.63) is 69.2 Å². The maximum absolute atomic E-state index is 15.2. The fourth-order valence-electron chi connectivity index (χ4n) is 4.60. The molecule has 1 heterocycles. The highest BCUT2D eigenvalue weighted by Gasteiger charge is 2.61. The van der Waals surface area contributed by atoms with Crippen LogP contribution >= 0.6 is 23.2 Å². The number of hydrogen-bond donors (Lipinski definition) is 3. The van der Waals surface area contributed by atoms with E-state index in [9.17, 15) is 28.3 Å². The molecule has 13 heteroatoms. The number of alkyl halides is 3. The fraction of sp³-hybridized carbons (Fsp3) is 0.400. The lowest BCUT2D eigenvalue weighted by Crippen LogP contribution is -2.45. The second-order valence-corrected chi connectivity index (χ2v) is 10.7. The van der Waals surface area contributed by atoms with E-state index >= 15 is 8.78 Å². The summed E-state index contributed by atoms with van der Waals surface area (Å²) in [6, 6.07) is 8.26. The van der Waals surface area contributed by atoms with E-state index < -0.39 is 58.7 Å². The molecule has 6 nitrogen and oxygen atoms in total. The SMILES string of the molecule is CC(C)(C)CC1NC(C(=O)O)C(c2cccc(Cl)c2)C1(C#N)c1c(F)cc(Cl)cc1F.O=C(O)C(F)(F)F. The predicted molar refractivity (Wildman–Crippen MR) is 129 cm³/mol. The van der Waals surface area contributed by atoms with Gasteiger partial charge in [-0.3, -0.25) is 10.1 Å². The third kappa shape index (κ3) is 6.73. The van der Waals surface area contributed by atoms with E-state index in [1.807, 2.05) is 20.8 Å². The van der Waals surface area contributed by atoms with E-state index in [4.69, 9.17) is 33.1 Å². The molecule has 0 spiro atoms. The number of rotatable bonds is 4. The summed E-state index contributed by atoms with van der Waals surface area (Å²) in [6.45, 7) is 5.73. The van der Waals surface area contributed by atoms with Crippen LogP contribution in [0.25, 0.3) is 0 Å². The Labute approximate surface area is 225 Å². The number of aliphatic carboxylic acids is 2. The first kappa shape index (κ1) is 31.3. The van der Waals surface area contributed by atoms with Gasteiger partial charge >= 0.3 is 18.1 Å². The normalized spacial score (nSPS) is 23.2. The van der Waals surface area contributed by atoms with Crippen molar-refractivity contribution in [1.82, 2.24) is 5.32 Å². The average Bonchev–Trinajstić information content (AvgIpc) is 3.06. The molecule has 3 N–H and O–H groups in total. The molecule has 38 heavy (non-hydrogen) atoms. The molecule has 4 unspecified atom stereocenters. The summed E-state index contributed by atoms with van der Waals surface area (Å²) in [5.41, 5.74) is -2.32. The highest BCUT2D eigenvalue weighted by atomic mass is 35.5. The molecule has 1 aliphatic rings. The number of benzene rings is 2. The minimum atomic E-state index is -5.08. The van der Waals surface area contributed by atoms with Crippen molar-refractivity contribution < 1.29 is 41.8 Å². The molecule has 0 saturated carbocycles. The Morgan fingerprint density at radius 1 is 1.05 bits per heavy atom. The minimum Gasteiger partial charge on any atom is -0.480 e. The van der Waals surface area contributed by atoms with Crippen molar-refractivity contribution in [3.8, 4) is 6.07 Å².